The summed E-state index contributed by atoms with van der Waals surface area (Å²) < 4.78 is 4.01. The van der Waals surface area contributed by atoms with Crippen LogP contribution in [0.5, 0.6) is 0 Å². The number of nitrogens with zero attached hydrogens (tertiary/aromatic N) is 3. The average Bonchev–Trinajstić information content (AvgIpc) is 2.96. The molecule has 114 valence electrons. The van der Waals surface area contributed by atoms with Crippen molar-refractivity contribution in [2.24, 2.45) is 0 Å². The number of aryl methyl sites for hydroxylation is 2. The Hall–Kier alpha value is -1.65. The molecule has 0 aliphatic carbocycles. The second kappa shape index (κ2) is 8.11. The van der Waals surface area contributed by atoms with Crippen LogP contribution in [0.2, 0.25) is 5.02 Å². The van der Waals surface area contributed by atoms with Gasteiger partial charge in [-0.15, -0.1) is 4.68 Å². The molecule has 0 aliphatic rings. The lowest BCUT2D eigenvalue weighted by atomic mass is 10.1. The largest absolute Gasteiger partial charge is 1.00 e. The van der Waals surface area contributed by atoms with E-state index >= 15 is 0 Å². The van der Waals surface area contributed by atoms with E-state index in [1.54, 1.807) is 0 Å². The number of halogens is 2. The monoisotopic (exact) mass is 377 g/mol. The second-order valence-corrected chi connectivity index (χ2v) is 5.42. The highest BCUT2D eigenvalue weighted by molar-refractivity contribution is 6.31. The molecule has 0 fully saturated rings. The van der Waals surface area contributed by atoms with Crippen molar-refractivity contribution in [3.63, 3.8) is 0 Å². The maximum Gasteiger partial charge on any atom is 0.265 e. The van der Waals surface area contributed by atoms with Crippen LogP contribution >= 0.6 is 11.6 Å². The molecule has 2 aromatic carbocycles. The first kappa shape index (κ1) is 16.7. The molecular weight excluding hydrogens is 362 g/mol. The molecule has 0 radical (unpaired) electrons. The Morgan fingerprint density at radius 2 is 1.73 bits per heavy atom. The van der Waals surface area contributed by atoms with Crippen LogP contribution in [0, 0.1) is 0 Å². The minimum absolute atomic E-state index is 0. The van der Waals surface area contributed by atoms with Gasteiger partial charge in [0.2, 0.25) is 6.33 Å². The molecule has 3 aromatic rings. The molecule has 0 N–H and O–H groups in total. The molecule has 1 heterocycles. The number of aromatic nitrogens is 3. The zero-order valence-corrected chi connectivity index (χ0v) is 14.4. The van der Waals surface area contributed by atoms with Crippen LogP contribution in [0.3, 0.4) is 0 Å². The lowest BCUT2D eigenvalue weighted by Crippen LogP contribution is -3.00. The molecule has 0 aliphatic heterocycles. The molecule has 3 nitrogen and oxygen atoms in total. The molecule has 0 bridgehead atoms. The van der Waals surface area contributed by atoms with Gasteiger partial charge in [-0.2, -0.15) is 0 Å². The predicted octanol–water partition coefficient (Wildman–Crippen LogP) is 0.119. The Labute approximate surface area is 145 Å². The number of rotatable bonds is 5. The summed E-state index contributed by atoms with van der Waals surface area (Å²) in [6, 6.07) is 18.3. The number of hydrogen-bond acceptors (Lipinski definition) is 1. The van der Waals surface area contributed by atoms with E-state index in [1.807, 2.05) is 47.7 Å². The van der Waals surface area contributed by atoms with Crippen LogP contribution in [-0.4, -0.2) is 9.78 Å². The average molecular weight is 379 g/mol. The Balaban J connectivity index is 0.00000176. The maximum atomic E-state index is 6.17. The first-order valence-electron chi connectivity index (χ1n) is 7.00. The van der Waals surface area contributed by atoms with Gasteiger partial charge in [-0.25, -0.2) is 4.57 Å². The van der Waals surface area contributed by atoms with Gasteiger partial charge in [-0.3, -0.25) is 0 Å². The molecule has 0 atom stereocenters. The van der Waals surface area contributed by atoms with Gasteiger partial charge in [0.15, 0.2) is 0 Å². The van der Waals surface area contributed by atoms with Crippen LogP contribution in [0.4, 0.5) is 0 Å². The van der Waals surface area contributed by atoms with Gasteiger partial charge in [0.25, 0.3) is 6.33 Å². The molecule has 1 aromatic heterocycles. The normalized spacial score (nSPS) is 10.2. The quantitative estimate of drug-likeness (QED) is 0.578. The van der Waals surface area contributed by atoms with E-state index in [0.29, 0.717) is 6.54 Å². The summed E-state index contributed by atoms with van der Waals surface area (Å²) in [4.78, 5) is 0. The highest BCUT2D eigenvalue weighted by Gasteiger charge is 2.08. The van der Waals surface area contributed by atoms with Crippen molar-refractivity contribution in [1.29, 1.82) is 0 Å². The van der Waals surface area contributed by atoms with Gasteiger partial charge in [-0.1, -0.05) is 60.1 Å². The fourth-order valence-electron chi connectivity index (χ4n) is 2.26. The van der Waals surface area contributed by atoms with E-state index in [2.05, 4.69) is 33.9 Å². The summed E-state index contributed by atoms with van der Waals surface area (Å²) in [5, 5.41) is 5.17. The van der Waals surface area contributed by atoms with E-state index < -0.39 is 0 Å². The first-order chi connectivity index (χ1) is 10.3. The van der Waals surface area contributed by atoms with Crippen LogP contribution < -0.4 is 21.5 Å². The standard InChI is InChI=1S/C17H17ClN3.BrH/c18-17-9-5-4-8-16(17)12-21-14-20(13-19-21)11-10-15-6-2-1-3-7-15;/h1-9,13-14H,10-12H2;1H/q+1;/p-1. The molecule has 0 amide bonds. The first-order valence-corrected chi connectivity index (χ1v) is 7.38. The van der Waals surface area contributed by atoms with Crippen molar-refractivity contribution in [3.8, 4) is 0 Å². The van der Waals surface area contributed by atoms with Gasteiger partial charge >= 0.3 is 0 Å². The van der Waals surface area contributed by atoms with Crippen molar-refractivity contribution in [3.05, 3.63) is 83.4 Å². The van der Waals surface area contributed by atoms with E-state index in [1.165, 1.54) is 5.56 Å². The maximum absolute atomic E-state index is 6.17. The van der Waals surface area contributed by atoms with E-state index in [9.17, 15) is 0 Å². The fourth-order valence-corrected chi connectivity index (χ4v) is 2.46. The topological polar surface area (TPSA) is 21.7 Å². The zero-order valence-electron chi connectivity index (χ0n) is 12.1. The molecule has 0 saturated carbocycles. The minimum atomic E-state index is 0. The SMILES string of the molecule is Clc1ccccc1Cn1c[n+](CCc2ccccc2)cn1.[Br-]. The Morgan fingerprint density at radius 1 is 1.00 bits per heavy atom. The highest BCUT2D eigenvalue weighted by atomic mass is 79.9. The molecule has 0 saturated heterocycles. The van der Waals surface area contributed by atoms with Gasteiger partial charge in [0, 0.05) is 22.1 Å². The Kier molecular flexibility index (Phi) is 6.16. The van der Waals surface area contributed by atoms with Crippen molar-refractivity contribution in [2.45, 2.75) is 19.5 Å². The van der Waals surface area contributed by atoms with Gasteiger partial charge in [-0.05, 0) is 11.6 Å². The van der Waals surface area contributed by atoms with E-state index in [4.69, 9.17) is 11.6 Å². The summed E-state index contributed by atoms with van der Waals surface area (Å²) in [5.41, 5.74) is 2.42. The van der Waals surface area contributed by atoms with E-state index in [-0.39, 0.29) is 17.0 Å². The highest BCUT2D eigenvalue weighted by Crippen LogP contribution is 2.15. The lowest BCUT2D eigenvalue weighted by molar-refractivity contribution is -0.697. The Morgan fingerprint density at radius 3 is 2.50 bits per heavy atom. The minimum Gasteiger partial charge on any atom is -1.00 e. The molecule has 5 heteroatoms. The van der Waals surface area contributed by atoms with E-state index in [0.717, 1.165) is 23.6 Å². The summed E-state index contributed by atoms with van der Waals surface area (Å²) in [6.07, 6.45) is 4.88. The van der Waals surface area contributed by atoms with Gasteiger partial charge in [0.1, 0.15) is 6.54 Å². The molecule has 3 rings (SSSR count). The summed E-state index contributed by atoms with van der Waals surface area (Å²) in [6.45, 7) is 1.62. The third kappa shape index (κ3) is 4.42. The van der Waals surface area contributed by atoms with Crippen molar-refractivity contribution in [2.75, 3.05) is 0 Å². The fraction of sp³-hybridized carbons (Fsp3) is 0.176. The lowest BCUT2D eigenvalue weighted by Gasteiger charge is -1.99. The smallest absolute Gasteiger partial charge is 0.265 e. The van der Waals surface area contributed by atoms with Gasteiger partial charge < -0.3 is 17.0 Å². The van der Waals surface area contributed by atoms with Crippen molar-refractivity contribution < 1.29 is 21.5 Å². The third-order valence-corrected chi connectivity index (χ3v) is 3.79. The molecule has 22 heavy (non-hydrogen) atoms. The predicted molar refractivity (Wildman–Crippen MR) is 83.1 cm³/mol. The third-order valence-electron chi connectivity index (χ3n) is 3.42. The Bertz CT molecular complexity index is 713. The summed E-state index contributed by atoms with van der Waals surface area (Å²) in [7, 11) is 0. The van der Waals surface area contributed by atoms with Crippen LogP contribution in [0.1, 0.15) is 11.1 Å². The molecule has 0 spiro atoms. The zero-order chi connectivity index (χ0) is 14.5. The van der Waals surface area contributed by atoms with Gasteiger partial charge in [0.05, 0.1) is 6.54 Å². The number of hydrogen-bond donors (Lipinski definition) is 0. The summed E-state index contributed by atoms with van der Waals surface area (Å²) in [5.74, 6) is 0. The van der Waals surface area contributed by atoms with Crippen LogP contribution in [0.15, 0.2) is 67.3 Å². The number of benzene rings is 2. The molecular formula is C17H17BrClN3. The van der Waals surface area contributed by atoms with Crippen LogP contribution in [0.25, 0.3) is 0 Å². The second-order valence-electron chi connectivity index (χ2n) is 5.01. The van der Waals surface area contributed by atoms with Crippen LogP contribution in [-0.2, 0) is 19.5 Å². The van der Waals surface area contributed by atoms with Crippen molar-refractivity contribution in [1.82, 2.24) is 9.78 Å². The summed E-state index contributed by atoms with van der Waals surface area (Å²) >= 11 is 6.17. The molecule has 0 unspecified atom stereocenters. The van der Waals surface area contributed by atoms with Crippen molar-refractivity contribution >= 4 is 11.6 Å².